The zero-order valence-electron chi connectivity index (χ0n) is 70.2. The number of nitrogens with zero attached hydrogens (tertiary/aromatic N) is 11. The summed E-state index contributed by atoms with van der Waals surface area (Å²) in [5.41, 5.74) is 7.04. The van der Waals surface area contributed by atoms with Crippen LogP contribution in [0, 0.1) is 0 Å². The zero-order chi connectivity index (χ0) is 85.2. The molecule has 0 saturated heterocycles. The maximum absolute atomic E-state index is 13.9. The molecule has 0 aliphatic heterocycles. The van der Waals surface area contributed by atoms with Crippen molar-refractivity contribution in [1.29, 1.82) is 0 Å². The third-order valence-electron chi connectivity index (χ3n) is 22.1. The summed E-state index contributed by atoms with van der Waals surface area (Å²) in [6, 6.07) is 42.3. The number of rotatable bonds is 49. The van der Waals surface area contributed by atoms with Gasteiger partial charge < -0.3 is 41.4 Å². The van der Waals surface area contributed by atoms with Gasteiger partial charge in [0, 0.05) is 196 Å². The van der Waals surface area contributed by atoms with Gasteiger partial charge in [-0.05, 0) is 172 Å². The first-order chi connectivity index (χ1) is 57.0. The number of Topliss-reactive ketones (excluding diaryl/α,β-unsaturated/α-hetero) is 12. The summed E-state index contributed by atoms with van der Waals surface area (Å²) in [6.45, 7) is 0.931. The molecule has 3 aromatic carbocycles. The number of hydrogen-bond donors (Lipinski definition) is 0. The first-order valence-corrected chi connectivity index (χ1v) is 42.9. The van der Waals surface area contributed by atoms with E-state index in [1.807, 2.05) is 32.3 Å². The highest BCUT2D eigenvalue weighted by Gasteiger charge is 2.44. The Morgan fingerprint density at radius 1 is 0.277 bits per heavy atom. The summed E-state index contributed by atoms with van der Waals surface area (Å²) >= 11 is 0. The number of aromatic nitrogens is 10. The molecule has 0 fully saturated rings. The third-order valence-corrected chi connectivity index (χ3v) is 26.6. The van der Waals surface area contributed by atoms with Crippen LogP contribution >= 0.6 is 7.26 Å². The van der Waals surface area contributed by atoms with Gasteiger partial charge in [-0.25, -0.2) is 9.97 Å². The molecule has 0 amide bonds. The largest absolute Gasteiger partial charge is 0.348 e. The van der Waals surface area contributed by atoms with Crippen LogP contribution in [0.1, 0.15) is 225 Å². The van der Waals surface area contributed by atoms with E-state index >= 15 is 0 Å². The van der Waals surface area contributed by atoms with E-state index < -0.39 is 7.26 Å². The second-order valence-electron chi connectivity index (χ2n) is 32.2. The minimum absolute atomic E-state index is 0.00257. The Morgan fingerprint density at radius 2 is 0.538 bits per heavy atom. The van der Waals surface area contributed by atoms with E-state index in [9.17, 15) is 57.5 Å². The lowest BCUT2D eigenvalue weighted by Crippen LogP contribution is -2.33. The van der Waals surface area contributed by atoms with Crippen molar-refractivity contribution in [2.45, 2.75) is 148 Å². The maximum Gasteiger partial charge on any atom is 0.202 e. The van der Waals surface area contributed by atoms with Crippen LogP contribution in [0.4, 0.5) is 0 Å². The minimum atomic E-state index is -1.99. The van der Waals surface area contributed by atoms with Crippen molar-refractivity contribution in [2.75, 3.05) is 26.8 Å². The third kappa shape index (κ3) is 23.1. The molecule has 0 bridgehead atoms. The van der Waals surface area contributed by atoms with Crippen LogP contribution in [-0.2, 0) is 127 Å². The molecule has 0 radical (unpaired) electrons. The van der Waals surface area contributed by atoms with Gasteiger partial charge in [-0.2, -0.15) is 0 Å². The van der Waals surface area contributed by atoms with Crippen LogP contribution in [0.5, 0.6) is 0 Å². The average molecular weight is 1630 g/mol. The monoisotopic (exact) mass is 1630 g/mol. The van der Waals surface area contributed by atoms with Crippen molar-refractivity contribution in [3.8, 4) is 0 Å². The number of hydrogen-bond acceptors (Lipinski definition) is 15. The van der Waals surface area contributed by atoms with Gasteiger partial charge in [-0.3, -0.25) is 57.5 Å². The standard InChI is InChI=1S/C95H109N11O12P/c1-98(2)41-22-20-27-73(107)30-25-39-86(111)80-43-65(57-99(80)3)49-88(113)82-45-67(59-101(82)5)51-91(116)85-48-70(62-104(85)8)54-93(118)95-97-72(64-106(95)10)56-76(110)32-26-40-87(112)81-44-66(58-100(81)4)50-89(114)83-46-68(60-102(83)6)52-90(115)84-47-69(61-103(84)7)53-92(117)94-96-71(63-105(94)9)55-75(109)31-24-29-74(108)28-21-23-42-119(77-33-14-11-15-34-77,78-35-16-12-17-36-78)79-37-18-13-19-38-79/h11-19,33-38,43-48,57-64H,20-32,39-42,49-56H2,1-10H3/q+1. The molecule has 8 heterocycles. The number of carbonyl (C=O) groups is 12. The van der Waals surface area contributed by atoms with Gasteiger partial charge >= 0.3 is 0 Å². The molecule has 11 rings (SSSR count). The number of aryl methyl sites for hydroxylation is 8. The second kappa shape index (κ2) is 40.6. The Morgan fingerprint density at radius 3 is 0.840 bits per heavy atom. The fourth-order valence-electron chi connectivity index (χ4n) is 16.2. The molecule has 0 aliphatic carbocycles. The van der Waals surface area contributed by atoms with Gasteiger partial charge in [0.15, 0.2) is 46.3 Å². The Kier molecular flexibility index (Phi) is 30.0. The van der Waals surface area contributed by atoms with Gasteiger partial charge in [-0.15, -0.1) is 0 Å². The molecule has 0 spiro atoms. The first-order valence-electron chi connectivity index (χ1n) is 41.0. The second-order valence-corrected chi connectivity index (χ2v) is 35.8. The topological polar surface area (TPSA) is 273 Å². The van der Waals surface area contributed by atoms with Crippen molar-refractivity contribution in [1.82, 2.24) is 51.4 Å². The predicted octanol–water partition coefficient (Wildman–Crippen LogP) is 12.6. The summed E-state index contributed by atoms with van der Waals surface area (Å²) in [5, 5.41) is 3.95. The van der Waals surface area contributed by atoms with Gasteiger partial charge in [-0.1, -0.05) is 54.6 Å². The molecule has 24 heteroatoms. The van der Waals surface area contributed by atoms with Crippen LogP contribution in [0.3, 0.4) is 0 Å². The normalized spacial score (nSPS) is 11.6. The van der Waals surface area contributed by atoms with Crippen molar-refractivity contribution < 1.29 is 57.5 Å². The Hall–Kier alpha value is -11.8. The molecular formula is C95H109N11O12P+. The van der Waals surface area contributed by atoms with Crippen LogP contribution in [0.2, 0.25) is 0 Å². The van der Waals surface area contributed by atoms with Gasteiger partial charge in [0.25, 0.3) is 0 Å². The lowest BCUT2D eigenvalue weighted by atomic mass is 10.0. The molecule has 0 unspecified atom stereocenters. The van der Waals surface area contributed by atoms with E-state index in [1.165, 1.54) is 15.9 Å². The SMILES string of the molecule is CN(C)CCCCC(=O)CCCC(=O)c1cc(CC(=O)c2cc(CC(=O)c3cc(CC(=O)c4nc(CC(=O)CCCC(=O)c5cc(CC(=O)c6cc(CC(=O)c7cc(CC(=O)c8nc(CC(=O)CCCC(=O)CCCC[P+](c9ccccc9)(c9ccccc9)c9ccccc9)cn8C)cn7C)cn6C)cn5C)cn4C)cn3C)cn2C)cn1C. The Labute approximate surface area is 696 Å². The summed E-state index contributed by atoms with van der Waals surface area (Å²) in [4.78, 5) is 173. The predicted molar refractivity (Wildman–Crippen MR) is 461 cm³/mol. The molecular weight excluding hydrogens is 1520 g/mol. The lowest BCUT2D eigenvalue weighted by Gasteiger charge is -2.27. The number of imidazole rings is 2. The Balaban J connectivity index is 0.577. The van der Waals surface area contributed by atoms with Gasteiger partial charge in [0.2, 0.25) is 11.6 Å². The zero-order valence-corrected chi connectivity index (χ0v) is 71.1. The van der Waals surface area contributed by atoms with E-state index in [-0.39, 0.29) is 165 Å². The Bertz CT molecular complexity index is 5460. The van der Waals surface area contributed by atoms with E-state index in [0.29, 0.717) is 117 Å². The minimum Gasteiger partial charge on any atom is -0.348 e. The summed E-state index contributed by atoms with van der Waals surface area (Å²) in [7, 11) is 15.8. The molecule has 0 atom stereocenters. The van der Waals surface area contributed by atoms with E-state index in [0.717, 1.165) is 38.4 Å². The molecule has 11 aromatic rings. The number of benzene rings is 3. The summed E-state index contributed by atoms with van der Waals surface area (Å²) in [5.74, 6) is -1.29. The number of unbranched alkanes of at least 4 members (excludes halogenated alkanes) is 2. The highest BCUT2D eigenvalue weighted by molar-refractivity contribution is 7.95. The average Bonchev–Trinajstić information content (AvgIpc) is 1.76. The highest BCUT2D eigenvalue weighted by atomic mass is 31.2. The van der Waals surface area contributed by atoms with Crippen molar-refractivity contribution in [3.05, 3.63) is 268 Å². The molecule has 0 N–H and O–H groups in total. The van der Waals surface area contributed by atoms with Gasteiger partial charge in [0.1, 0.15) is 46.3 Å². The summed E-state index contributed by atoms with van der Waals surface area (Å²) in [6.07, 6.45) is 21.5. The van der Waals surface area contributed by atoms with Crippen molar-refractivity contribution in [3.63, 3.8) is 0 Å². The molecule has 0 saturated carbocycles. The van der Waals surface area contributed by atoms with Crippen LogP contribution in [0.25, 0.3) is 0 Å². The molecule has 23 nitrogen and oxygen atoms in total. The molecule has 119 heavy (non-hydrogen) atoms. The molecule has 0 aliphatic rings. The van der Waals surface area contributed by atoms with Crippen LogP contribution in [0.15, 0.2) is 177 Å². The van der Waals surface area contributed by atoms with E-state index in [4.69, 9.17) is 0 Å². The summed E-state index contributed by atoms with van der Waals surface area (Å²) < 4.78 is 13.3. The highest BCUT2D eigenvalue weighted by Crippen LogP contribution is 2.56. The maximum atomic E-state index is 13.9. The van der Waals surface area contributed by atoms with Crippen molar-refractivity contribution in [2.24, 2.45) is 56.4 Å². The van der Waals surface area contributed by atoms with Crippen LogP contribution in [-0.4, -0.2) is 148 Å². The molecule has 8 aromatic heterocycles. The fourth-order valence-corrected chi connectivity index (χ4v) is 20.6. The van der Waals surface area contributed by atoms with Gasteiger partial charge in [0.05, 0.1) is 64.6 Å². The van der Waals surface area contributed by atoms with Crippen LogP contribution < -0.4 is 15.9 Å². The van der Waals surface area contributed by atoms with Crippen molar-refractivity contribution >= 4 is 92.6 Å². The van der Waals surface area contributed by atoms with E-state index in [2.05, 4.69) is 87.7 Å². The number of carbonyl (C=O) groups excluding carboxylic acids is 12. The lowest BCUT2D eigenvalue weighted by molar-refractivity contribution is -0.121. The quantitative estimate of drug-likeness (QED) is 0.0195. The smallest absolute Gasteiger partial charge is 0.202 e. The van der Waals surface area contributed by atoms with E-state index in [1.54, 1.807) is 179 Å². The first kappa shape index (κ1) is 88.0. The molecule has 620 valence electrons. The number of ketones is 12. The fraction of sp³-hybridized carbons (Fsp3) is 0.368.